The second kappa shape index (κ2) is 6.30. The summed E-state index contributed by atoms with van der Waals surface area (Å²) in [6.07, 6.45) is 7.10. The Morgan fingerprint density at radius 1 is 1.40 bits per heavy atom. The summed E-state index contributed by atoms with van der Waals surface area (Å²) >= 11 is 0. The number of aliphatic hydroxyl groups is 1. The zero-order valence-corrected chi connectivity index (χ0v) is 6.21. The third-order valence-electron chi connectivity index (χ3n) is 1.22. The normalized spacial score (nSPS) is 11.1. The van der Waals surface area contributed by atoms with Gasteiger partial charge in [-0.1, -0.05) is 31.4 Å². The fourth-order valence-corrected chi connectivity index (χ4v) is 0.688. The molecule has 0 saturated heterocycles. The van der Waals surface area contributed by atoms with Gasteiger partial charge in [0.25, 0.3) is 0 Å². The number of hydrogen-bond donors (Lipinski definition) is 1. The molecule has 0 radical (unpaired) electrons. The van der Waals surface area contributed by atoms with E-state index in [0.717, 1.165) is 18.4 Å². The van der Waals surface area contributed by atoms with Gasteiger partial charge in [0.1, 0.15) is 0 Å². The van der Waals surface area contributed by atoms with E-state index < -0.39 is 0 Å². The summed E-state index contributed by atoms with van der Waals surface area (Å²) in [6.45, 7) is 7.44. The molecule has 0 saturated carbocycles. The van der Waals surface area contributed by atoms with Crippen molar-refractivity contribution in [1.29, 1.82) is 0 Å². The lowest BCUT2D eigenvalue weighted by atomic mass is 10.1. The van der Waals surface area contributed by atoms with Crippen LogP contribution in [0.2, 0.25) is 0 Å². The first kappa shape index (κ1) is 9.18. The Kier molecular flexibility index (Phi) is 5.79. The summed E-state index contributed by atoms with van der Waals surface area (Å²) in [7, 11) is 0. The van der Waals surface area contributed by atoms with Gasteiger partial charge in [-0.2, -0.15) is 0 Å². The van der Waals surface area contributed by atoms with Crippen LogP contribution in [0.4, 0.5) is 0 Å². The van der Waals surface area contributed by atoms with E-state index in [1.165, 1.54) is 0 Å². The van der Waals surface area contributed by atoms with Crippen molar-refractivity contribution in [1.82, 2.24) is 0 Å². The second-order valence-corrected chi connectivity index (χ2v) is 2.01. The van der Waals surface area contributed by atoms with Crippen LogP contribution in [0.1, 0.15) is 12.8 Å². The molecule has 0 rings (SSSR count). The Balaban J connectivity index is 3.70. The average molecular weight is 138 g/mol. The number of hydrogen-bond acceptors (Lipinski definition) is 1. The van der Waals surface area contributed by atoms with E-state index in [0.29, 0.717) is 0 Å². The van der Waals surface area contributed by atoms with Gasteiger partial charge in [-0.05, 0) is 18.4 Å². The molecule has 0 aromatic rings. The van der Waals surface area contributed by atoms with Gasteiger partial charge >= 0.3 is 0 Å². The molecular formula is C9H14O. The average Bonchev–Trinajstić information content (AvgIpc) is 1.98. The van der Waals surface area contributed by atoms with Crippen molar-refractivity contribution in [3.05, 3.63) is 37.0 Å². The van der Waals surface area contributed by atoms with Crippen LogP contribution in [0.15, 0.2) is 37.0 Å². The highest BCUT2D eigenvalue weighted by molar-refractivity contribution is 5.20. The van der Waals surface area contributed by atoms with Crippen LogP contribution in [0.25, 0.3) is 0 Å². The zero-order valence-electron chi connectivity index (χ0n) is 6.21. The third-order valence-corrected chi connectivity index (χ3v) is 1.22. The zero-order chi connectivity index (χ0) is 7.82. The summed E-state index contributed by atoms with van der Waals surface area (Å²) in [5.74, 6) is 0. The van der Waals surface area contributed by atoms with E-state index in [1.54, 1.807) is 12.2 Å². The molecule has 0 atom stereocenters. The molecule has 0 spiro atoms. The maximum Gasteiger partial charge on any atom is 0.0434 e. The molecular weight excluding hydrogens is 124 g/mol. The fraction of sp³-hybridized carbons (Fsp3) is 0.333. The Bertz CT molecular complexity index is 134. The lowest BCUT2D eigenvalue weighted by Gasteiger charge is -1.96. The lowest BCUT2D eigenvalue weighted by Crippen LogP contribution is -1.83. The molecule has 0 aliphatic rings. The molecule has 56 valence electrons. The van der Waals surface area contributed by atoms with Crippen LogP contribution in [0, 0.1) is 0 Å². The van der Waals surface area contributed by atoms with E-state index in [2.05, 4.69) is 13.2 Å². The van der Waals surface area contributed by atoms with E-state index >= 15 is 0 Å². The quantitative estimate of drug-likeness (QED) is 0.576. The van der Waals surface area contributed by atoms with Crippen LogP contribution >= 0.6 is 0 Å². The fourth-order valence-electron chi connectivity index (χ4n) is 0.688. The van der Waals surface area contributed by atoms with Crippen LogP contribution in [-0.2, 0) is 0 Å². The minimum atomic E-state index is 0.238. The topological polar surface area (TPSA) is 20.2 Å². The molecule has 0 aromatic heterocycles. The van der Waals surface area contributed by atoms with Crippen molar-refractivity contribution in [2.45, 2.75) is 12.8 Å². The monoisotopic (exact) mass is 138 g/mol. The van der Waals surface area contributed by atoms with Crippen LogP contribution in [-0.4, -0.2) is 11.7 Å². The summed E-state index contributed by atoms with van der Waals surface area (Å²) in [6, 6.07) is 0. The SMILES string of the molecule is C=C/C=C(\C=C)CCCO. The van der Waals surface area contributed by atoms with Crippen molar-refractivity contribution in [3.8, 4) is 0 Å². The van der Waals surface area contributed by atoms with Crippen LogP contribution in [0.5, 0.6) is 0 Å². The molecule has 1 N–H and O–H groups in total. The summed E-state index contributed by atoms with van der Waals surface area (Å²) < 4.78 is 0. The Morgan fingerprint density at radius 3 is 2.50 bits per heavy atom. The minimum Gasteiger partial charge on any atom is -0.396 e. The van der Waals surface area contributed by atoms with E-state index in [4.69, 9.17) is 5.11 Å². The van der Waals surface area contributed by atoms with Gasteiger partial charge < -0.3 is 5.11 Å². The highest BCUT2D eigenvalue weighted by Gasteiger charge is 1.88. The molecule has 10 heavy (non-hydrogen) atoms. The first-order chi connectivity index (χ1) is 4.85. The van der Waals surface area contributed by atoms with Crippen LogP contribution < -0.4 is 0 Å². The maximum absolute atomic E-state index is 8.49. The van der Waals surface area contributed by atoms with Gasteiger partial charge in [-0.25, -0.2) is 0 Å². The van der Waals surface area contributed by atoms with Gasteiger partial charge in [0, 0.05) is 6.61 Å². The van der Waals surface area contributed by atoms with Crippen molar-refractivity contribution in [2.75, 3.05) is 6.61 Å². The summed E-state index contributed by atoms with van der Waals surface area (Å²) in [5.41, 5.74) is 1.13. The maximum atomic E-state index is 8.49. The Labute approximate surface area is 62.4 Å². The Morgan fingerprint density at radius 2 is 2.10 bits per heavy atom. The highest BCUT2D eigenvalue weighted by atomic mass is 16.2. The molecule has 1 nitrogen and oxygen atoms in total. The summed E-state index contributed by atoms with van der Waals surface area (Å²) in [4.78, 5) is 0. The first-order valence-corrected chi connectivity index (χ1v) is 3.40. The minimum absolute atomic E-state index is 0.238. The van der Waals surface area contributed by atoms with Gasteiger partial charge in [0.15, 0.2) is 0 Å². The molecule has 1 heteroatoms. The highest BCUT2D eigenvalue weighted by Crippen LogP contribution is 2.04. The van der Waals surface area contributed by atoms with Gasteiger partial charge in [-0.3, -0.25) is 0 Å². The molecule has 0 amide bonds. The van der Waals surface area contributed by atoms with E-state index in [-0.39, 0.29) is 6.61 Å². The van der Waals surface area contributed by atoms with Crippen LogP contribution in [0.3, 0.4) is 0 Å². The molecule has 0 aliphatic carbocycles. The van der Waals surface area contributed by atoms with E-state index in [9.17, 15) is 0 Å². The van der Waals surface area contributed by atoms with Gasteiger partial charge in [0.2, 0.25) is 0 Å². The van der Waals surface area contributed by atoms with Crippen molar-refractivity contribution < 1.29 is 5.11 Å². The predicted octanol–water partition coefficient (Wildman–Crippen LogP) is 2.06. The van der Waals surface area contributed by atoms with Crippen molar-refractivity contribution >= 4 is 0 Å². The Hall–Kier alpha value is -0.820. The first-order valence-electron chi connectivity index (χ1n) is 3.40. The third kappa shape index (κ3) is 4.10. The number of allylic oxidation sites excluding steroid dienone is 4. The number of aliphatic hydroxyl groups excluding tert-OH is 1. The standard InChI is InChI=1S/C9H14O/c1-3-6-9(4-2)7-5-8-10/h3-4,6,10H,1-2,5,7-8H2/b9-6+. The molecule has 0 unspecified atom stereocenters. The van der Waals surface area contributed by atoms with Gasteiger partial charge in [0.05, 0.1) is 0 Å². The molecule has 0 aliphatic heterocycles. The largest absolute Gasteiger partial charge is 0.396 e. The summed E-state index contributed by atoms with van der Waals surface area (Å²) in [5, 5.41) is 8.49. The van der Waals surface area contributed by atoms with Gasteiger partial charge in [-0.15, -0.1) is 0 Å². The second-order valence-electron chi connectivity index (χ2n) is 2.01. The molecule has 0 heterocycles. The molecule has 0 fully saturated rings. The predicted molar refractivity (Wildman–Crippen MR) is 44.8 cm³/mol. The lowest BCUT2D eigenvalue weighted by molar-refractivity contribution is 0.289. The van der Waals surface area contributed by atoms with Crippen molar-refractivity contribution in [2.24, 2.45) is 0 Å². The molecule has 0 bridgehead atoms. The molecule has 0 aromatic carbocycles. The number of rotatable bonds is 5. The van der Waals surface area contributed by atoms with Crippen molar-refractivity contribution in [3.63, 3.8) is 0 Å². The van der Waals surface area contributed by atoms with E-state index in [1.807, 2.05) is 6.08 Å². The smallest absolute Gasteiger partial charge is 0.0434 e.